The summed E-state index contributed by atoms with van der Waals surface area (Å²) in [4.78, 5) is 7.87. The van der Waals surface area contributed by atoms with Gasteiger partial charge in [-0.15, -0.1) is 0 Å². The van der Waals surface area contributed by atoms with Gasteiger partial charge in [0.15, 0.2) is 0 Å². The van der Waals surface area contributed by atoms with Crippen LogP contribution in [0.3, 0.4) is 0 Å². The zero-order chi connectivity index (χ0) is 9.10. The zero-order valence-electron chi connectivity index (χ0n) is 6.64. The molecule has 3 N–H and O–H groups in total. The summed E-state index contributed by atoms with van der Waals surface area (Å²) in [6.07, 6.45) is 3.32. The van der Waals surface area contributed by atoms with Crippen LogP contribution in [0.4, 0.5) is 6.01 Å². The smallest absolute Gasteiger partial charge is 0.314 e. The number of aromatic nitrogens is 3. The van der Waals surface area contributed by atoms with Crippen molar-refractivity contribution >= 4 is 6.01 Å². The Balaban J connectivity index is 2.36. The van der Waals surface area contributed by atoms with E-state index < -0.39 is 0 Å². The Kier molecular flexibility index (Phi) is 1.89. The zero-order valence-corrected chi connectivity index (χ0v) is 6.64. The molecule has 0 atom stereocenters. The maximum absolute atomic E-state index is 5.08. The van der Waals surface area contributed by atoms with E-state index in [4.69, 9.17) is 10.4 Å². The van der Waals surface area contributed by atoms with Crippen LogP contribution in [0.15, 0.2) is 29.0 Å². The number of rotatable bonds is 2. The van der Waals surface area contributed by atoms with Gasteiger partial charge in [-0.3, -0.25) is 10.4 Å². The van der Waals surface area contributed by atoms with Crippen LogP contribution in [0.25, 0.3) is 11.4 Å². The Morgan fingerprint density at radius 2 is 2.38 bits per heavy atom. The van der Waals surface area contributed by atoms with E-state index in [-0.39, 0.29) is 6.01 Å². The molecular weight excluding hydrogens is 170 g/mol. The first-order valence-corrected chi connectivity index (χ1v) is 3.61. The molecule has 0 aliphatic heterocycles. The van der Waals surface area contributed by atoms with Crippen molar-refractivity contribution in [3.8, 4) is 11.4 Å². The summed E-state index contributed by atoms with van der Waals surface area (Å²) in [7, 11) is 0. The van der Waals surface area contributed by atoms with Crippen LogP contribution in [-0.2, 0) is 0 Å². The maximum Gasteiger partial charge on any atom is 0.335 e. The van der Waals surface area contributed by atoms with Crippen LogP contribution in [-0.4, -0.2) is 15.1 Å². The van der Waals surface area contributed by atoms with Crippen LogP contribution in [0.5, 0.6) is 0 Å². The summed E-state index contributed by atoms with van der Waals surface area (Å²) in [5, 5.41) is 3.69. The second-order valence-electron chi connectivity index (χ2n) is 2.31. The van der Waals surface area contributed by atoms with Crippen molar-refractivity contribution in [3.63, 3.8) is 0 Å². The van der Waals surface area contributed by atoms with Crippen molar-refractivity contribution in [2.45, 2.75) is 0 Å². The van der Waals surface area contributed by atoms with E-state index in [1.54, 1.807) is 18.5 Å². The molecule has 0 saturated carbocycles. The van der Waals surface area contributed by atoms with Crippen LogP contribution in [0, 0.1) is 0 Å². The number of hydrazine groups is 1. The van der Waals surface area contributed by atoms with Gasteiger partial charge in [0.05, 0.1) is 0 Å². The Labute approximate surface area is 73.8 Å². The molecule has 6 heteroatoms. The highest BCUT2D eigenvalue weighted by Crippen LogP contribution is 2.14. The van der Waals surface area contributed by atoms with E-state index in [1.165, 1.54) is 0 Å². The number of nitrogens with zero attached hydrogens (tertiary/aromatic N) is 3. The third-order valence-corrected chi connectivity index (χ3v) is 1.47. The van der Waals surface area contributed by atoms with Gasteiger partial charge in [0.25, 0.3) is 0 Å². The first-order valence-electron chi connectivity index (χ1n) is 3.61. The first kappa shape index (κ1) is 7.69. The van der Waals surface area contributed by atoms with Crippen molar-refractivity contribution in [1.29, 1.82) is 0 Å². The summed E-state index contributed by atoms with van der Waals surface area (Å²) in [6.45, 7) is 0. The van der Waals surface area contributed by atoms with Crippen LogP contribution in [0.1, 0.15) is 0 Å². The fraction of sp³-hybridized carbons (Fsp3) is 0. The van der Waals surface area contributed by atoms with Crippen molar-refractivity contribution in [2.24, 2.45) is 5.84 Å². The number of nitrogens with one attached hydrogen (secondary N) is 1. The van der Waals surface area contributed by atoms with Gasteiger partial charge in [-0.25, -0.2) is 5.84 Å². The lowest BCUT2D eigenvalue weighted by Crippen LogP contribution is -2.06. The molecule has 0 bridgehead atoms. The molecule has 0 aromatic carbocycles. The molecule has 2 aromatic heterocycles. The SMILES string of the molecule is NNc1nc(-c2cccnc2)no1. The quantitative estimate of drug-likeness (QED) is 0.510. The Bertz CT molecular complexity index is 385. The summed E-state index contributed by atoms with van der Waals surface area (Å²) in [5.74, 6) is 5.54. The van der Waals surface area contributed by atoms with Crippen molar-refractivity contribution < 1.29 is 4.52 Å². The molecular formula is C7H7N5O. The predicted molar refractivity (Wildman–Crippen MR) is 45.3 cm³/mol. The minimum Gasteiger partial charge on any atom is -0.314 e. The minimum absolute atomic E-state index is 0.179. The highest BCUT2D eigenvalue weighted by atomic mass is 16.5. The van der Waals surface area contributed by atoms with E-state index in [2.05, 4.69) is 20.6 Å². The van der Waals surface area contributed by atoms with E-state index in [9.17, 15) is 0 Å². The summed E-state index contributed by atoms with van der Waals surface area (Å²) in [6, 6.07) is 3.80. The van der Waals surface area contributed by atoms with Gasteiger partial charge in [-0.05, 0) is 12.1 Å². The maximum atomic E-state index is 5.08. The monoisotopic (exact) mass is 177 g/mol. The van der Waals surface area contributed by atoms with Gasteiger partial charge in [-0.1, -0.05) is 5.16 Å². The van der Waals surface area contributed by atoms with Gasteiger partial charge < -0.3 is 4.52 Å². The second-order valence-corrected chi connectivity index (χ2v) is 2.31. The topological polar surface area (TPSA) is 89.9 Å². The molecule has 0 aliphatic carbocycles. The Morgan fingerprint density at radius 3 is 3.00 bits per heavy atom. The number of nitrogens with two attached hydrogens (primary N) is 1. The van der Waals surface area contributed by atoms with Gasteiger partial charge in [0.2, 0.25) is 5.82 Å². The molecule has 0 fully saturated rings. The highest BCUT2D eigenvalue weighted by molar-refractivity contribution is 5.53. The molecule has 66 valence electrons. The highest BCUT2D eigenvalue weighted by Gasteiger charge is 2.05. The number of hydrogen-bond acceptors (Lipinski definition) is 6. The van der Waals surface area contributed by atoms with E-state index in [0.717, 1.165) is 5.56 Å². The van der Waals surface area contributed by atoms with Gasteiger partial charge in [0, 0.05) is 18.0 Å². The fourth-order valence-corrected chi connectivity index (χ4v) is 0.894. The fourth-order valence-electron chi connectivity index (χ4n) is 0.894. The summed E-state index contributed by atoms with van der Waals surface area (Å²) < 4.78 is 4.74. The molecule has 0 radical (unpaired) electrons. The number of hydrogen-bond donors (Lipinski definition) is 2. The lowest BCUT2D eigenvalue weighted by atomic mass is 10.3. The summed E-state index contributed by atoms with van der Waals surface area (Å²) >= 11 is 0. The van der Waals surface area contributed by atoms with Gasteiger partial charge >= 0.3 is 6.01 Å². The predicted octanol–water partition coefficient (Wildman–Crippen LogP) is 0.417. The first-order chi connectivity index (χ1) is 6.40. The number of anilines is 1. The van der Waals surface area contributed by atoms with Crippen molar-refractivity contribution in [3.05, 3.63) is 24.5 Å². The Morgan fingerprint density at radius 1 is 1.46 bits per heavy atom. The van der Waals surface area contributed by atoms with Crippen LogP contribution in [0.2, 0.25) is 0 Å². The lowest BCUT2D eigenvalue weighted by molar-refractivity contribution is 0.432. The number of nitrogen functional groups attached to an aromatic ring is 1. The summed E-state index contributed by atoms with van der Waals surface area (Å²) in [5.41, 5.74) is 3.04. The molecule has 0 spiro atoms. The minimum atomic E-state index is 0.179. The molecule has 0 aliphatic rings. The Hall–Kier alpha value is -1.95. The van der Waals surface area contributed by atoms with Crippen molar-refractivity contribution in [2.75, 3.05) is 5.43 Å². The average Bonchev–Trinajstić information content (AvgIpc) is 2.67. The molecule has 2 aromatic rings. The lowest BCUT2D eigenvalue weighted by Gasteiger charge is -1.89. The van der Waals surface area contributed by atoms with Gasteiger partial charge in [0.1, 0.15) is 0 Å². The van der Waals surface area contributed by atoms with Crippen LogP contribution < -0.4 is 11.3 Å². The van der Waals surface area contributed by atoms with Crippen molar-refractivity contribution in [1.82, 2.24) is 15.1 Å². The molecule has 2 rings (SSSR count). The molecule has 6 nitrogen and oxygen atoms in total. The van der Waals surface area contributed by atoms with E-state index in [0.29, 0.717) is 5.82 Å². The third kappa shape index (κ3) is 1.47. The van der Waals surface area contributed by atoms with Gasteiger partial charge in [-0.2, -0.15) is 4.98 Å². The van der Waals surface area contributed by atoms with E-state index >= 15 is 0 Å². The van der Waals surface area contributed by atoms with E-state index in [1.807, 2.05) is 6.07 Å². The molecule has 0 amide bonds. The molecule has 13 heavy (non-hydrogen) atoms. The standard InChI is InChI=1S/C7H7N5O/c8-11-7-10-6(12-13-7)5-2-1-3-9-4-5/h1-4H,8H2,(H,10,11,12). The average molecular weight is 177 g/mol. The third-order valence-electron chi connectivity index (χ3n) is 1.47. The number of pyridine rings is 1. The van der Waals surface area contributed by atoms with Crippen LogP contribution >= 0.6 is 0 Å². The molecule has 0 unspecified atom stereocenters. The largest absolute Gasteiger partial charge is 0.335 e. The molecule has 2 heterocycles. The normalized spacial score (nSPS) is 9.92. The molecule has 0 saturated heterocycles. The second kappa shape index (κ2) is 3.20.